The Morgan fingerprint density at radius 3 is 3.11 bits per heavy atom. The molecule has 1 aliphatic carbocycles. The smallest absolute Gasteiger partial charge is 0.273 e. The molecule has 2 atom stereocenters. The lowest BCUT2D eigenvalue weighted by Gasteiger charge is -2.43. The zero-order valence-electron chi connectivity index (χ0n) is 10.6. The summed E-state index contributed by atoms with van der Waals surface area (Å²) in [5.74, 6) is 0.0829. The molecule has 1 aromatic rings. The van der Waals surface area contributed by atoms with E-state index in [0.29, 0.717) is 18.8 Å². The zero-order chi connectivity index (χ0) is 12.5. The minimum atomic E-state index is 0.0829. The minimum absolute atomic E-state index is 0.0829. The molecule has 0 spiro atoms. The molecule has 0 N–H and O–H groups in total. The topological polar surface area (TPSA) is 42.4 Å². The maximum Gasteiger partial charge on any atom is 0.273 e. The van der Waals surface area contributed by atoms with Crippen LogP contribution in [-0.2, 0) is 4.74 Å². The van der Waals surface area contributed by atoms with Gasteiger partial charge in [-0.25, -0.2) is 4.98 Å². The maximum absolute atomic E-state index is 12.5. The first-order valence-electron chi connectivity index (χ1n) is 6.60. The lowest BCUT2D eigenvalue weighted by molar-refractivity contribution is -0.0754. The molecule has 3 rings (SSSR count). The number of aryl methyl sites for hydroxylation is 1. The first-order valence-corrected chi connectivity index (χ1v) is 7.48. The molecule has 1 aromatic heterocycles. The molecular formula is C13H18N2O2S. The van der Waals surface area contributed by atoms with Crippen molar-refractivity contribution in [1.29, 1.82) is 0 Å². The number of hydrogen-bond donors (Lipinski definition) is 0. The van der Waals surface area contributed by atoms with E-state index in [4.69, 9.17) is 4.74 Å². The van der Waals surface area contributed by atoms with Gasteiger partial charge >= 0.3 is 0 Å². The van der Waals surface area contributed by atoms with Crippen LogP contribution in [0.25, 0.3) is 0 Å². The highest BCUT2D eigenvalue weighted by molar-refractivity contribution is 7.09. The van der Waals surface area contributed by atoms with Crippen molar-refractivity contribution in [3.05, 3.63) is 16.1 Å². The van der Waals surface area contributed by atoms with Crippen LogP contribution < -0.4 is 0 Å². The predicted octanol–water partition coefficient (Wildman–Crippen LogP) is 2.24. The summed E-state index contributed by atoms with van der Waals surface area (Å²) in [4.78, 5) is 18.8. The summed E-state index contributed by atoms with van der Waals surface area (Å²) in [5, 5.41) is 2.82. The molecule has 1 saturated heterocycles. The van der Waals surface area contributed by atoms with Crippen LogP contribution in [0.5, 0.6) is 0 Å². The number of amides is 1. The van der Waals surface area contributed by atoms with Gasteiger partial charge in [-0.15, -0.1) is 11.3 Å². The number of thiazole rings is 1. The summed E-state index contributed by atoms with van der Waals surface area (Å²) in [6, 6.07) is 0.266. The van der Waals surface area contributed by atoms with E-state index >= 15 is 0 Å². The van der Waals surface area contributed by atoms with Gasteiger partial charge in [-0.2, -0.15) is 0 Å². The first kappa shape index (κ1) is 12.1. The fourth-order valence-corrected chi connectivity index (χ4v) is 3.54. The van der Waals surface area contributed by atoms with Gasteiger partial charge in [0.25, 0.3) is 5.91 Å². The van der Waals surface area contributed by atoms with E-state index in [1.807, 2.05) is 17.2 Å². The van der Waals surface area contributed by atoms with Crippen LogP contribution in [0.4, 0.5) is 0 Å². The van der Waals surface area contributed by atoms with Crippen LogP contribution in [0, 0.1) is 6.92 Å². The van der Waals surface area contributed by atoms with Crippen LogP contribution in [0.3, 0.4) is 0 Å². The number of carbonyl (C=O) groups excluding carboxylic acids is 1. The van der Waals surface area contributed by atoms with E-state index in [1.165, 1.54) is 24.2 Å². The van der Waals surface area contributed by atoms with Crippen LogP contribution in [0.15, 0.2) is 5.38 Å². The van der Waals surface area contributed by atoms with Crippen molar-refractivity contribution in [3.8, 4) is 0 Å². The number of ether oxygens (including phenoxy) is 1. The molecule has 18 heavy (non-hydrogen) atoms. The highest BCUT2D eigenvalue weighted by Crippen LogP contribution is 2.29. The summed E-state index contributed by atoms with van der Waals surface area (Å²) in [6.07, 6.45) is 4.82. The maximum atomic E-state index is 12.5. The van der Waals surface area contributed by atoms with E-state index in [9.17, 15) is 4.79 Å². The van der Waals surface area contributed by atoms with Gasteiger partial charge in [0.15, 0.2) is 0 Å². The second-order valence-corrected chi connectivity index (χ2v) is 6.07. The number of carbonyl (C=O) groups is 1. The van der Waals surface area contributed by atoms with E-state index < -0.39 is 0 Å². The summed E-state index contributed by atoms with van der Waals surface area (Å²) in [5.41, 5.74) is 0.601. The number of rotatable bonds is 1. The van der Waals surface area contributed by atoms with Gasteiger partial charge in [0, 0.05) is 11.9 Å². The highest BCUT2D eigenvalue weighted by Gasteiger charge is 2.37. The normalized spacial score (nSPS) is 27.9. The molecule has 0 aromatic carbocycles. The predicted molar refractivity (Wildman–Crippen MR) is 69.9 cm³/mol. The van der Waals surface area contributed by atoms with E-state index in [-0.39, 0.29) is 18.1 Å². The Morgan fingerprint density at radius 2 is 2.33 bits per heavy atom. The fourth-order valence-electron chi connectivity index (χ4n) is 2.96. The van der Waals surface area contributed by atoms with Crippen molar-refractivity contribution in [2.75, 3.05) is 13.2 Å². The van der Waals surface area contributed by atoms with Crippen LogP contribution in [-0.4, -0.2) is 41.1 Å². The van der Waals surface area contributed by atoms with Gasteiger partial charge in [0.1, 0.15) is 5.69 Å². The molecular weight excluding hydrogens is 248 g/mol. The summed E-state index contributed by atoms with van der Waals surface area (Å²) in [6.45, 7) is 3.30. The number of aromatic nitrogens is 1. The van der Waals surface area contributed by atoms with Gasteiger partial charge in [0.05, 0.1) is 23.8 Å². The molecule has 2 fully saturated rings. The van der Waals surface area contributed by atoms with Crippen molar-refractivity contribution in [3.63, 3.8) is 0 Å². The van der Waals surface area contributed by atoms with Gasteiger partial charge < -0.3 is 9.64 Å². The molecule has 1 amide bonds. The average Bonchev–Trinajstić information content (AvgIpc) is 2.84. The number of hydrogen-bond acceptors (Lipinski definition) is 4. The third kappa shape index (κ3) is 2.17. The second kappa shape index (κ2) is 4.97. The molecule has 1 aliphatic heterocycles. The number of morpholine rings is 1. The number of fused-ring (bicyclic) bond motifs is 1. The summed E-state index contributed by atoms with van der Waals surface area (Å²) in [7, 11) is 0. The summed E-state index contributed by atoms with van der Waals surface area (Å²) < 4.78 is 5.79. The molecule has 0 bridgehead atoms. The van der Waals surface area contributed by atoms with Crippen molar-refractivity contribution in [2.45, 2.75) is 44.8 Å². The van der Waals surface area contributed by atoms with Crippen molar-refractivity contribution < 1.29 is 9.53 Å². The van der Waals surface area contributed by atoms with E-state index in [0.717, 1.165) is 17.8 Å². The average molecular weight is 266 g/mol. The summed E-state index contributed by atoms with van der Waals surface area (Å²) >= 11 is 1.54. The quantitative estimate of drug-likeness (QED) is 0.783. The number of nitrogens with zero attached hydrogens (tertiary/aromatic N) is 2. The molecule has 2 heterocycles. The molecule has 5 heteroatoms. The first-order chi connectivity index (χ1) is 8.75. The molecule has 0 radical (unpaired) electrons. The van der Waals surface area contributed by atoms with Gasteiger partial charge in [-0.05, 0) is 19.8 Å². The van der Waals surface area contributed by atoms with Crippen LogP contribution in [0.1, 0.15) is 41.2 Å². The molecule has 4 nitrogen and oxygen atoms in total. The van der Waals surface area contributed by atoms with E-state index in [1.54, 1.807) is 0 Å². The third-order valence-corrected chi connectivity index (χ3v) is 4.60. The molecule has 2 aliphatic rings. The largest absolute Gasteiger partial charge is 0.374 e. The lowest BCUT2D eigenvalue weighted by Crippen LogP contribution is -2.54. The van der Waals surface area contributed by atoms with Gasteiger partial charge in [-0.3, -0.25) is 4.79 Å². The van der Waals surface area contributed by atoms with Crippen molar-refractivity contribution >= 4 is 17.2 Å². The third-order valence-electron chi connectivity index (χ3n) is 3.83. The van der Waals surface area contributed by atoms with Crippen molar-refractivity contribution in [1.82, 2.24) is 9.88 Å². The zero-order valence-corrected chi connectivity index (χ0v) is 11.4. The van der Waals surface area contributed by atoms with E-state index in [2.05, 4.69) is 4.98 Å². The van der Waals surface area contributed by atoms with Gasteiger partial charge in [-0.1, -0.05) is 12.8 Å². The Morgan fingerprint density at radius 1 is 1.50 bits per heavy atom. The Hall–Kier alpha value is -0.940. The van der Waals surface area contributed by atoms with Crippen LogP contribution in [0.2, 0.25) is 0 Å². The Labute approximate surface area is 111 Å². The Bertz CT molecular complexity index is 444. The Kier molecular flexibility index (Phi) is 3.35. The molecule has 1 saturated carbocycles. The minimum Gasteiger partial charge on any atom is -0.374 e. The standard InChI is InChI=1S/C13H18N2O2S/c1-9-14-10(8-18-9)13(16)15-6-7-17-12-5-3-2-4-11(12)15/h8,11-12H,2-7H2,1H3/t11-,12-/m1/s1. The molecule has 98 valence electrons. The Balaban J connectivity index is 1.79. The monoisotopic (exact) mass is 266 g/mol. The lowest BCUT2D eigenvalue weighted by atomic mass is 9.90. The van der Waals surface area contributed by atoms with Gasteiger partial charge in [0.2, 0.25) is 0 Å². The fraction of sp³-hybridized carbons (Fsp3) is 0.692. The molecule has 0 unspecified atom stereocenters. The SMILES string of the molecule is Cc1nc(C(=O)N2CCO[C@@H]3CCCC[C@H]32)cs1. The van der Waals surface area contributed by atoms with Crippen LogP contribution >= 0.6 is 11.3 Å². The highest BCUT2D eigenvalue weighted by atomic mass is 32.1. The second-order valence-electron chi connectivity index (χ2n) is 5.01. The van der Waals surface area contributed by atoms with Crippen molar-refractivity contribution in [2.24, 2.45) is 0 Å².